The summed E-state index contributed by atoms with van der Waals surface area (Å²) in [6, 6.07) is 11.2. The smallest absolute Gasteiger partial charge is 0.248 e. The number of benzene rings is 1. The molecule has 2 heterocycles. The van der Waals surface area contributed by atoms with Crippen LogP contribution in [0.25, 0.3) is 10.7 Å². The third kappa shape index (κ3) is 3.34. The van der Waals surface area contributed by atoms with Crippen molar-refractivity contribution >= 4 is 38.9 Å². The van der Waals surface area contributed by atoms with Crippen LogP contribution >= 0.6 is 27.3 Å². The second-order valence-electron chi connectivity index (χ2n) is 4.15. The van der Waals surface area contributed by atoms with E-state index in [0.29, 0.717) is 11.5 Å². The predicted octanol–water partition coefficient (Wildman–Crippen LogP) is 2.80. The van der Waals surface area contributed by atoms with Crippen molar-refractivity contribution in [1.82, 2.24) is 20.2 Å². The first-order valence-electron chi connectivity index (χ1n) is 6.08. The number of para-hydroxylation sites is 1. The van der Waals surface area contributed by atoms with E-state index in [1.54, 1.807) is 0 Å². The Labute approximate surface area is 132 Å². The summed E-state index contributed by atoms with van der Waals surface area (Å²) in [6.45, 7) is 0.0136. The van der Waals surface area contributed by atoms with Gasteiger partial charge in [0.25, 0.3) is 0 Å². The van der Waals surface area contributed by atoms with Gasteiger partial charge in [-0.05, 0) is 44.7 Å². The molecule has 0 aliphatic rings. The van der Waals surface area contributed by atoms with E-state index in [1.165, 1.54) is 16.1 Å². The fourth-order valence-electron chi connectivity index (χ4n) is 1.70. The van der Waals surface area contributed by atoms with Crippen LogP contribution in [-0.4, -0.2) is 26.1 Å². The molecule has 0 saturated carbocycles. The second kappa shape index (κ2) is 6.15. The van der Waals surface area contributed by atoms with Crippen LogP contribution in [0.4, 0.5) is 5.69 Å². The minimum Gasteiger partial charge on any atom is -0.323 e. The van der Waals surface area contributed by atoms with Crippen LogP contribution in [0.1, 0.15) is 0 Å². The Morgan fingerprint density at radius 2 is 2.14 bits per heavy atom. The average molecular weight is 364 g/mol. The van der Waals surface area contributed by atoms with Gasteiger partial charge >= 0.3 is 0 Å². The third-order valence-electron chi connectivity index (χ3n) is 2.63. The monoisotopic (exact) mass is 363 g/mol. The fourth-order valence-corrected chi connectivity index (χ4v) is 2.73. The minimum atomic E-state index is -0.211. The Kier molecular flexibility index (Phi) is 4.07. The zero-order valence-electron chi connectivity index (χ0n) is 10.7. The van der Waals surface area contributed by atoms with E-state index in [2.05, 4.69) is 36.7 Å². The largest absolute Gasteiger partial charge is 0.323 e. The molecule has 6 nitrogen and oxygen atoms in total. The number of halogens is 1. The number of nitrogens with zero attached hydrogens (tertiary/aromatic N) is 4. The SMILES string of the molecule is O=C(Cn1nnc(-c2cccs2)n1)Nc1ccccc1Br. The number of tetrazole rings is 1. The number of anilines is 1. The first-order chi connectivity index (χ1) is 10.2. The van der Waals surface area contributed by atoms with Crippen molar-refractivity contribution in [3.8, 4) is 10.7 Å². The Bertz CT molecular complexity index is 756. The minimum absolute atomic E-state index is 0.0136. The number of amides is 1. The second-order valence-corrected chi connectivity index (χ2v) is 5.95. The first-order valence-corrected chi connectivity index (χ1v) is 7.76. The lowest BCUT2D eigenvalue weighted by Gasteiger charge is -2.05. The van der Waals surface area contributed by atoms with Gasteiger partial charge in [0, 0.05) is 4.47 Å². The van der Waals surface area contributed by atoms with Crippen molar-refractivity contribution in [3.63, 3.8) is 0 Å². The van der Waals surface area contributed by atoms with Gasteiger partial charge in [-0.3, -0.25) is 4.79 Å². The number of carbonyl (C=O) groups is 1. The number of carbonyl (C=O) groups excluding carboxylic acids is 1. The summed E-state index contributed by atoms with van der Waals surface area (Å²) in [7, 11) is 0. The Morgan fingerprint density at radius 1 is 1.29 bits per heavy atom. The van der Waals surface area contributed by atoms with Crippen LogP contribution in [0, 0.1) is 0 Å². The van der Waals surface area contributed by atoms with Gasteiger partial charge in [0.05, 0.1) is 10.6 Å². The number of hydrogen-bond acceptors (Lipinski definition) is 5. The van der Waals surface area contributed by atoms with E-state index >= 15 is 0 Å². The number of hydrogen-bond donors (Lipinski definition) is 1. The summed E-state index contributed by atoms with van der Waals surface area (Å²) in [5, 5.41) is 16.7. The van der Waals surface area contributed by atoms with Gasteiger partial charge in [-0.15, -0.1) is 21.5 Å². The highest BCUT2D eigenvalue weighted by Gasteiger charge is 2.10. The molecule has 1 aromatic carbocycles. The number of nitrogens with one attached hydrogen (secondary N) is 1. The van der Waals surface area contributed by atoms with Gasteiger partial charge in [-0.1, -0.05) is 18.2 Å². The summed E-state index contributed by atoms with van der Waals surface area (Å²) in [4.78, 5) is 14.2. The highest BCUT2D eigenvalue weighted by Crippen LogP contribution is 2.21. The Balaban J connectivity index is 1.67. The highest BCUT2D eigenvalue weighted by atomic mass is 79.9. The quantitative estimate of drug-likeness (QED) is 0.773. The molecule has 0 bridgehead atoms. The van der Waals surface area contributed by atoms with E-state index in [4.69, 9.17) is 0 Å². The van der Waals surface area contributed by atoms with E-state index in [0.717, 1.165) is 9.35 Å². The average Bonchev–Trinajstić information content (AvgIpc) is 3.12. The maximum absolute atomic E-state index is 12.0. The molecule has 0 spiro atoms. The van der Waals surface area contributed by atoms with Crippen molar-refractivity contribution < 1.29 is 4.79 Å². The zero-order chi connectivity index (χ0) is 14.7. The maximum Gasteiger partial charge on any atom is 0.248 e. The third-order valence-corrected chi connectivity index (χ3v) is 4.18. The van der Waals surface area contributed by atoms with Crippen molar-refractivity contribution in [3.05, 3.63) is 46.3 Å². The predicted molar refractivity (Wildman–Crippen MR) is 83.9 cm³/mol. The lowest BCUT2D eigenvalue weighted by Crippen LogP contribution is -2.20. The van der Waals surface area contributed by atoms with E-state index in [-0.39, 0.29) is 12.5 Å². The molecule has 3 rings (SSSR count). The van der Waals surface area contributed by atoms with Gasteiger partial charge in [0.1, 0.15) is 6.54 Å². The van der Waals surface area contributed by atoms with E-state index in [1.807, 2.05) is 41.8 Å². The molecule has 0 radical (unpaired) electrons. The molecule has 0 aliphatic heterocycles. The van der Waals surface area contributed by atoms with Gasteiger partial charge in [0.15, 0.2) is 0 Å². The van der Waals surface area contributed by atoms with Crippen molar-refractivity contribution in [2.24, 2.45) is 0 Å². The molecule has 0 aliphatic carbocycles. The molecule has 0 atom stereocenters. The lowest BCUT2D eigenvalue weighted by atomic mass is 10.3. The summed E-state index contributed by atoms with van der Waals surface area (Å²) < 4.78 is 0.823. The number of aromatic nitrogens is 4. The van der Waals surface area contributed by atoms with E-state index in [9.17, 15) is 4.79 Å². The van der Waals surface area contributed by atoms with Gasteiger partial charge in [0.2, 0.25) is 11.7 Å². The Hall–Kier alpha value is -2.06. The van der Waals surface area contributed by atoms with Crippen LogP contribution in [0.15, 0.2) is 46.3 Å². The van der Waals surface area contributed by atoms with Crippen molar-refractivity contribution in [2.45, 2.75) is 6.54 Å². The highest BCUT2D eigenvalue weighted by molar-refractivity contribution is 9.10. The molecule has 0 unspecified atom stereocenters. The summed E-state index contributed by atoms with van der Waals surface area (Å²) in [5.74, 6) is 0.315. The fraction of sp³-hybridized carbons (Fsp3) is 0.0769. The Morgan fingerprint density at radius 3 is 2.90 bits per heavy atom. The van der Waals surface area contributed by atoms with Crippen LogP contribution in [0.2, 0.25) is 0 Å². The van der Waals surface area contributed by atoms with Gasteiger partial charge < -0.3 is 5.32 Å². The molecule has 21 heavy (non-hydrogen) atoms. The lowest BCUT2D eigenvalue weighted by molar-refractivity contribution is -0.117. The molecular formula is C13H10BrN5OS. The molecule has 0 fully saturated rings. The van der Waals surface area contributed by atoms with Crippen LogP contribution in [0.5, 0.6) is 0 Å². The van der Waals surface area contributed by atoms with Gasteiger partial charge in [-0.2, -0.15) is 4.80 Å². The van der Waals surface area contributed by atoms with Crippen LogP contribution in [0.3, 0.4) is 0 Å². The van der Waals surface area contributed by atoms with Crippen molar-refractivity contribution in [1.29, 1.82) is 0 Å². The van der Waals surface area contributed by atoms with E-state index < -0.39 is 0 Å². The van der Waals surface area contributed by atoms with Crippen molar-refractivity contribution in [2.75, 3.05) is 5.32 Å². The molecule has 2 aromatic heterocycles. The molecule has 3 aromatic rings. The maximum atomic E-state index is 12.0. The van der Waals surface area contributed by atoms with Gasteiger partial charge in [-0.25, -0.2) is 0 Å². The molecule has 8 heteroatoms. The van der Waals surface area contributed by atoms with Crippen LogP contribution < -0.4 is 5.32 Å². The summed E-state index contributed by atoms with van der Waals surface area (Å²) in [6.07, 6.45) is 0. The molecular weight excluding hydrogens is 354 g/mol. The zero-order valence-corrected chi connectivity index (χ0v) is 13.1. The number of thiophene rings is 1. The molecule has 1 N–H and O–H groups in total. The number of rotatable bonds is 4. The molecule has 1 amide bonds. The standard InChI is InChI=1S/C13H10BrN5OS/c14-9-4-1-2-5-10(9)15-12(20)8-19-17-13(16-18-19)11-6-3-7-21-11/h1-7H,8H2,(H,15,20). The topological polar surface area (TPSA) is 72.7 Å². The summed E-state index contributed by atoms with van der Waals surface area (Å²) in [5.41, 5.74) is 0.709. The molecule has 0 saturated heterocycles. The van der Waals surface area contributed by atoms with Crippen LogP contribution in [-0.2, 0) is 11.3 Å². The summed E-state index contributed by atoms with van der Waals surface area (Å²) >= 11 is 4.90. The first kappa shape index (κ1) is 13.9. The molecule has 106 valence electrons. The normalized spacial score (nSPS) is 10.5.